The standard InChI is InChI=1S/C9H16FNO/c10-6-9(12)11-7-8-4-2-1-3-5-8/h8H,1-7H2,(H,11,12). The molecule has 0 bridgehead atoms. The Morgan fingerprint density at radius 3 is 2.58 bits per heavy atom. The molecule has 0 heterocycles. The second kappa shape index (κ2) is 5.12. The van der Waals surface area contributed by atoms with E-state index in [2.05, 4.69) is 5.32 Å². The van der Waals surface area contributed by atoms with Crippen molar-refractivity contribution in [2.75, 3.05) is 13.2 Å². The Balaban J connectivity index is 2.09. The highest BCUT2D eigenvalue weighted by molar-refractivity contribution is 5.76. The Labute approximate surface area is 72.5 Å². The molecule has 0 aromatic carbocycles. The summed E-state index contributed by atoms with van der Waals surface area (Å²) in [5.41, 5.74) is 0. The van der Waals surface area contributed by atoms with Crippen LogP contribution in [0.5, 0.6) is 0 Å². The van der Waals surface area contributed by atoms with Gasteiger partial charge in [-0.2, -0.15) is 0 Å². The number of alkyl halides is 1. The summed E-state index contributed by atoms with van der Waals surface area (Å²) in [6, 6.07) is 0. The van der Waals surface area contributed by atoms with Crippen molar-refractivity contribution in [2.24, 2.45) is 5.92 Å². The van der Waals surface area contributed by atoms with Crippen LogP contribution < -0.4 is 5.32 Å². The van der Waals surface area contributed by atoms with E-state index in [-0.39, 0.29) is 0 Å². The Kier molecular flexibility index (Phi) is 4.05. The van der Waals surface area contributed by atoms with Gasteiger partial charge >= 0.3 is 0 Å². The van der Waals surface area contributed by atoms with Gasteiger partial charge in [-0.3, -0.25) is 4.79 Å². The van der Waals surface area contributed by atoms with Crippen LogP contribution in [0.2, 0.25) is 0 Å². The van der Waals surface area contributed by atoms with Crippen LogP contribution in [0, 0.1) is 5.92 Å². The van der Waals surface area contributed by atoms with Gasteiger partial charge in [0, 0.05) is 6.54 Å². The van der Waals surface area contributed by atoms with Crippen molar-refractivity contribution in [3.8, 4) is 0 Å². The Morgan fingerprint density at radius 2 is 2.00 bits per heavy atom. The van der Waals surface area contributed by atoms with Crippen LogP contribution in [-0.2, 0) is 4.79 Å². The second-order valence-corrected chi connectivity index (χ2v) is 3.44. The minimum atomic E-state index is -0.882. The van der Waals surface area contributed by atoms with E-state index < -0.39 is 12.6 Å². The number of hydrogen-bond donors (Lipinski definition) is 1. The number of nitrogens with one attached hydrogen (secondary N) is 1. The van der Waals surface area contributed by atoms with Gasteiger partial charge in [0.25, 0.3) is 5.91 Å². The molecule has 3 heteroatoms. The summed E-state index contributed by atoms with van der Waals surface area (Å²) in [5.74, 6) is 0.120. The molecule has 1 aliphatic carbocycles. The topological polar surface area (TPSA) is 29.1 Å². The van der Waals surface area contributed by atoms with Gasteiger partial charge in [0.2, 0.25) is 0 Å². The summed E-state index contributed by atoms with van der Waals surface area (Å²) < 4.78 is 11.7. The quantitative estimate of drug-likeness (QED) is 0.690. The molecule has 1 amide bonds. The Bertz CT molecular complexity index is 143. The van der Waals surface area contributed by atoms with E-state index in [9.17, 15) is 9.18 Å². The highest BCUT2D eigenvalue weighted by atomic mass is 19.1. The lowest BCUT2D eigenvalue weighted by atomic mass is 9.89. The highest BCUT2D eigenvalue weighted by Crippen LogP contribution is 2.22. The smallest absolute Gasteiger partial charge is 0.251 e. The van der Waals surface area contributed by atoms with Crippen molar-refractivity contribution in [1.82, 2.24) is 5.32 Å². The predicted octanol–water partition coefficient (Wildman–Crippen LogP) is 1.65. The van der Waals surface area contributed by atoms with E-state index in [1.807, 2.05) is 0 Å². The Morgan fingerprint density at radius 1 is 1.33 bits per heavy atom. The third-order valence-corrected chi connectivity index (χ3v) is 2.43. The zero-order valence-electron chi connectivity index (χ0n) is 7.31. The van der Waals surface area contributed by atoms with Gasteiger partial charge < -0.3 is 5.32 Å². The van der Waals surface area contributed by atoms with Crippen LogP contribution in [0.1, 0.15) is 32.1 Å². The third-order valence-electron chi connectivity index (χ3n) is 2.43. The monoisotopic (exact) mass is 173 g/mol. The van der Waals surface area contributed by atoms with Crippen molar-refractivity contribution in [3.05, 3.63) is 0 Å². The van der Waals surface area contributed by atoms with Crippen molar-refractivity contribution in [1.29, 1.82) is 0 Å². The van der Waals surface area contributed by atoms with E-state index in [0.717, 1.165) is 0 Å². The largest absolute Gasteiger partial charge is 0.354 e. The van der Waals surface area contributed by atoms with E-state index in [1.54, 1.807) is 0 Å². The van der Waals surface area contributed by atoms with Gasteiger partial charge in [-0.15, -0.1) is 0 Å². The molecule has 0 aromatic heterocycles. The molecule has 1 aliphatic rings. The molecule has 0 spiro atoms. The van der Waals surface area contributed by atoms with Crippen molar-refractivity contribution in [2.45, 2.75) is 32.1 Å². The molecule has 0 unspecified atom stereocenters. The summed E-state index contributed by atoms with van der Waals surface area (Å²) in [5, 5.41) is 2.59. The normalized spacial score (nSPS) is 19.1. The number of carbonyl (C=O) groups excluding carboxylic acids is 1. The average Bonchev–Trinajstić information content (AvgIpc) is 2.16. The van der Waals surface area contributed by atoms with Crippen LogP contribution >= 0.6 is 0 Å². The fourth-order valence-corrected chi connectivity index (χ4v) is 1.70. The summed E-state index contributed by atoms with van der Waals surface area (Å²) >= 11 is 0. The first-order chi connectivity index (χ1) is 5.83. The van der Waals surface area contributed by atoms with Crippen LogP contribution in [0.3, 0.4) is 0 Å². The maximum atomic E-state index is 11.7. The molecule has 1 rings (SSSR count). The minimum absolute atomic E-state index is 0.472. The van der Waals surface area contributed by atoms with E-state index >= 15 is 0 Å². The first-order valence-electron chi connectivity index (χ1n) is 4.65. The number of hydrogen-bond acceptors (Lipinski definition) is 1. The molecular formula is C9H16FNO. The van der Waals surface area contributed by atoms with Gasteiger partial charge in [0.15, 0.2) is 6.67 Å². The lowest BCUT2D eigenvalue weighted by Crippen LogP contribution is -2.31. The molecule has 0 saturated heterocycles. The highest BCUT2D eigenvalue weighted by Gasteiger charge is 2.13. The molecule has 1 N–H and O–H groups in total. The third kappa shape index (κ3) is 3.20. The maximum Gasteiger partial charge on any atom is 0.251 e. The molecule has 2 nitrogen and oxygen atoms in total. The van der Waals surface area contributed by atoms with Gasteiger partial charge in [0.05, 0.1) is 0 Å². The fourth-order valence-electron chi connectivity index (χ4n) is 1.70. The van der Waals surface area contributed by atoms with Gasteiger partial charge in [0.1, 0.15) is 0 Å². The zero-order chi connectivity index (χ0) is 8.81. The lowest BCUT2D eigenvalue weighted by Gasteiger charge is -2.21. The molecule has 12 heavy (non-hydrogen) atoms. The van der Waals surface area contributed by atoms with Gasteiger partial charge in [-0.1, -0.05) is 19.3 Å². The Hall–Kier alpha value is -0.600. The van der Waals surface area contributed by atoms with Crippen molar-refractivity contribution >= 4 is 5.91 Å². The van der Waals surface area contributed by atoms with Crippen molar-refractivity contribution < 1.29 is 9.18 Å². The van der Waals surface area contributed by atoms with E-state index in [0.29, 0.717) is 12.5 Å². The van der Waals surface area contributed by atoms with Crippen LogP contribution in [0.4, 0.5) is 4.39 Å². The van der Waals surface area contributed by atoms with Crippen LogP contribution in [0.15, 0.2) is 0 Å². The van der Waals surface area contributed by atoms with Gasteiger partial charge in [-0.05, 0) is 18.8 Å². The molecule has 1 saturated carbocycles. The zero-order valence-corrected chi connectivity index (χ0v) is 7.31. The predicted molar refractivity (Wildman–Crippen MR) is 45.6 cm³/mol. The molecule has 70 valence electrons. The van der Waals surface area contributed by atoms with Crippen molar-refractivity contribution in [3.63, 3.8) is 0 Å². The van der Waals surface area contributed by atoms with Gasteiger partial charge in [-0.25, -0.2) is 4.39 Å². The number of amides is 1. The number of halogens is 1. The molecular weight excluding hydrogens is 157 g/mol. The number of rotatable bonds is 3. The SMILES string of the molecule is O=C(CF)NCC1CCCCC1. The fraction of sp³-hybridized carbons (Fsp3) is 0.889. The molecule has 1 fully saturated rings. The number of carbonyl (C=O) groups is 1. The maximum absolute atomic E-state index is 11.7. The van der Waals surface area contributed by atoms with Crippen LogP contribution in [0.25, 0.3) is 0 Å². The summed E-state index contributed by atoms with van der Waals surface area (Å²) in [6.45, 7) is -0.213. The summed E-state index contributed by atoms with van der Waals surface area (Å²) in [7, 11) is 0. The van der Waals surface area contributed by atoms with Crippen LogP contribution in [-0.4, -0.2) is 19.1 Å². The average molecular weight is 173 g/mol. The summed E-state index contributed by atoms with van der Waals surface area (Å²) in [4.78, 5) is 10.6. The molecule has 0 atom stereocenters. The molecule has 0 aliphatic heterocycles. The lowest BCUT2D eigenvalue weighted by molar-refractivity contribution is -0.122. The van der Waals surface area contributed by atoms with E-state index in [4.69, 9.17) is 0 Å². The first kappa shape index (κ1) is 9.49. The molecule has 0 aromatic rings. The molecule has 0 radical (unpaired) electrons. The second-order valence-electron chi connectivity index (χ2n) is 3.44. The van der Waals surface area contributed by atoms with E-state index in [1.165, 1.54) is 32.1 Å². The first-order valence-corrected chi connectivity index (χ1v) is 4.65. The minimum Gasteiger partial charge on any atom is -0.354 e. The summed E-state index contributed by atoms with van der Waals surface area (Å²) in [6.07, 6.45) is 6.21.